The van der Waals surface area contributed by atoms with E-state index in [0.717, 1.165) is 22.8 Å². The highest BCUT2D eigenvalue weighted by atomic mass is 16.5. The highest BCUT2D eigenvalue weighted by Crippen LogP contribution is 2.28. The first kappa shape index (κ1) is 15.3. The Kier molecular flexibility index (Phi) is 4.78. The van der Waals surface area contributed by atoms with Gasteiger partial charge >= 0.3 is 0 Å². The molecule has 4 heteroatoms. The third kappa shape index (κ3) is 3.51. The van der Waals surface area contributed by atoms with Gasteiger partial charge in [-0.1, -0.05) is 44.2 Å². The molecule has 1 heterocycles. The summed E-state index contributed by atoms with van der Waals surface area (Å²) in [6.45, 7) is 8.16. The van der Waals surface area contributed by atoms with Crippen molar-refractivity contribution in [1.29, 1.82) is 0 Å². The Hall–Kier alpha value is -2.10. The molecule has 2 aromatic rings. The summed E-state index contributed by atoms with van der Waals surface area (Å²) < 4.78 is 6.07. The van der Waals surface area contributed by atoms with E-state index in [1.807, 2.05) is 39.1 Å². The normalized spacial score (nSPS) is 12.3. The zero-order valence-corrected chi connectivity index (χ0v) is 13.3. The Morgan fingerprint density at radius 2 is 1.71 bits per heavy atom. The van der Waals surface area contributed by atoms with Gasteiger partial charge in [-0.15, -0.1) is 0 Å². The predicted molar refractivity (Wildman–Crippen MR) is 85.9 cm³/mol. The van der Waals surface area contributed by atoms with Crippen LogP contribution in [-0.4, -0.2) is 17.0 Å². The molecule has 0 saturated carbocycles. The summed E-state index contributed by atoms with van der Waals surface area (Å²) >= 11 is 0. The molecule has 0 aliphatic carbocycles. The van der Waals surface area contributed by atoms with E-state index in [9.17, 15) is 0 Å². The summed E-state index contributed by atoms with van der Waals surface area (Å²) in [7, 11) is 1.86. The van der Waals surface area contributed by atoms with Gasteiger partial charge in [0.2, 0.25) is 5.88 Å². The lowest BCUT2D eigenvalue weighted by molar-refractivity contribution is 0.214. The molecule has 0 spiro atoms. The van der Waals surface area contributed by atoms with Crippen LogP contribution in [0.25, 0.3) is 0 Å². The fraction of sp³-hybridized carbons (Fsp3) is 0.412. The van der Waals surface area contributed by atoms with Crippen LogP contribution in [0.5, 0.6) is 5.88 Å². The summed E-state index contributed by atoms with van der Waals surface area (Å²) in [5.74, 6) is 2.52. The summed E-state index contributed by atoms with van der Waals surface area (Å²) in [5.41, 5.74) is 2.07. The molecule has 21 heavy (non-hydrogen) atoms. The van der Waals surface area contributed by atoms with Gasteiger partial charge in [0.25, 0.3) is 0 Å². The van der Waals surface area contributed by atoms with Gasteiger partial charge in [-0.05, 0) is 19.4 Å². The largest absolute Gasteiger partial charge is 0.469 e. The second-order valence-electron chi connectivity index (χ2n) is 5.44. The predicted octanol–water partition coefficient (Wildman–Crippen LogP) is 4.09. The summed E-state index contributed by atoms with van der Waals surface area (Å²) in [4.78, 5) is 9.10. The van der Waals surface area contributed by atoms with Gasteiger partial charge in [-0.2, -0.15) is 4.98 Å². The molecule has 0 aliphatic heterocycles. The third-order valence-corrected chi connectivity index (χ3v) is 3.43. The van der Waals surface area contributed by atoms with Crippen LogP contribution in [0.4, 0.5) is 5.82 Å². The van der Waals surface area contributed by atoms with Gasteiger partial charge in [-0.25, -0.2) is 4.98 Å². The number of hydrogen-bond donors (Lipinski definition) is 1. The Morgan fingerprint density at radius 3 is 2.29 bits per heavy atom. The van der Waals surface area contributed by atoms with Gasteiger partial charge in [0.15, 0.2) is 0 Å². The van der Waals surface area contributed by atoms with Crippen LogP contribution in [-0.2, 0) is 0 Å². The minimum Gasteiger partial charge on any atom is -0.469 e. The molecule has 1 aromatic carbocycles. The molecule has 0 amide bonds. The van der Waals surface area contributed by atoms with Crippen molar-refractivity contribution in [3.05, 3.63) is 47.3 Å². The fourth-order valence-corrected chi connectivity index (χ4v) is 2.09. The first-order chi connectivity index (χ1) is 10.0. The number of nitrogens with one attached hydrogen (secondary N) is 1. The molecular formula is C17H23N3O. The molecule has 4 nitrogen and oxygen atoms in total. The average molecular weight is 285 g/mol. The smallest absolute Gasteiger partial charge is 0.222 e. The lowest BCUT2D eigenvalue weighted by Crippen LogP contribution is -2.10. The first-order valence-corrected chi connectivity index (χ1v) is 7.30. The molecule has 0 aliphatic rings. The number of anilines is 1. The monoisotopic (exact) mass is 285 g/mol. The maximum atomic E-state index is 6.07. The minimum absolute atomic E-state index is 0.0514. The molecule has 112 valence electrons. The molecule has 2 rings (SSSR count). The second-order valence-corrected chi connectivity index (χ2v) is 5.44. The van der Waals surface area contributed by atoms with Crippen molar-refractivity contribution in [2.45, 2.75) is 39.7 Å². The van der Waals surface area contributed by atoms with Crippen LogP contribution >= 0.6 is 0 Å². The van der Waals surface area contributed by atoms with Gasteiger partial charge in [0.05, 0.1) is 5.56 Å². The van der Waals surface area contributed by atoms with Gasteiger partial charge in [0, 0.05) is 13.0 Å². The summed E-state index contributed by atoms with van der Waals surface area (Å²) in [5, 5.41) is 3.11. The maximum absolute atomic E-state index is 6.07. The van der Waals surface area contributed by atoms with Crippen LogP contribution in [0.2, 0.25) is 0 Å². The molecule has 1 unspecified atom stereocenters. The highest BCUT2D eigenvalue weighted by Gasteiger charge is 2.16. The van der Waals surface area contributed by atoms with E-state index in [-0.39, 0.29) is 12.0 Å². The van der Waals surface area contributed by atoms with Crippen LogP contribution in [0.1, 0.15) is 49.7 Å². The molecule has 1 atom stereocenters. The van der Waals surface area contributed by atoms with Crippen molar-refractivity contribution in [3.8, 4) is 5.88 Å². The summed E-state index contributed by atoms with van der Waals surface area (Å²) in [6, 6.07) is 10.1. The fourth-order valence-electron chi connectivity index (χ4n) is 2.09. The number of rotatable bonds is 5. The van der Waals surface area contributed by atoms with Crippen molar-refractivity contribution in [2.75, 3.05) is 12.4 Å². The van der Waals surface area contributed by atoms with Crippen molar-refractivity contribution >= 4 is 5.82 Å². The standard InChI is InChI=1S/C17H23N3O/c1-11(2)15-19-16(18-5)12(3)17(20-15)21-13(4)14-9-7-6-8-10-14/h6-11,13H,1-5H3,(H,18,19,20). The van der Waals surface area contributed by atoms with E-state index >= 15 is 0 Å². The van der Waals surface area contributed by atoms with Gasteiger partial charge < -0.3 is 10.1 Å². The van der Waals surface area contributed by atoms with Crippen molar-refractivity contribution in [2.24, 2.45) is 0 Å². The van der Waals surface area contributed by atoms with Crippen molar-refractivity contribution in [3.63, 3.8) is 0 Å². The highest BCUT2D eigenvalue weighted by molar-refractivity contribution is 5.48. The van der Waals surface area contributed by atoms with Gasteiger partial charge in [-0.3, -0.25) is 0 Å². The van der Waals surface area contributed by atoms with E-state index in [4.69, 9.17) is 4.74 Å². The number of aromatic nitrogens is 2. The van der Waals surface area contributed by atoms with Crippen LogP contribution in [0.15, 0.2) is 30.3 Å². The van der Waals surface area contributed by atoms with Crippen LogP contribution < -0.4 is 10.1 Å². The van der Waals surface area contributed by atoms with Crippen molar-refractivity contribution < 1.29 is 4.74 Å². The third-order valence-electron chi connectivity index (χ3n) is 3.43. The quantitative estimate of drug-likeness (QED) is 0.898. The second kappa shape index (κ2) is 6.57. The molecule has 0 saturated heterocycles. The minimum atomic E-state index is -0.0514. The SMILES string of the molecule is CNc1nc(C(C)C)nc(OC(C)c2ccccc2)c1C. The average Bonchev–Trinajstić information content (AvgIpc) is 2.49. The Balaban J connectivity index is 2.32. The summed E-state index contributed by atoms with van der Waals surface area (Å²) in [6.07, 6.45) is -0.0514. The number of nitrogens with zero attached hydrogens (tertiary/aromatic N) is 2. The molecule has 0 bridgehead atoms. The Labute approximate surface area is 126 Å². The zero-order valence-electron chi connectivity index (χ0n) is 13.3. The zero-order chi connectivity index (χ0) is 15.4. The molecule has 1 aromatic heterocycles. The lowest BCUT2D eigenvalue weighted by atomic mass is 10.1. The number of benzene rings is 1. The topological polar surface area (TPSA) is 47.0 Å². The van der Waals surface area contributed by atoms with Crippen LogP contribution in [0, 0.1) is 6.92 Å². The van der Waals surface area contributed by atoms with E-state index in [1.54, 1.807) is 0 Å². The van der Waals surface area contributed by atoms with E-state index in [2.05, 4.69) is 41.3 Å². The molecular weight excluding hydrogens is 262 g/mol. The van der Waals surface area contributed by atoms with Gasteiger partial charge in [0.1, 0.15) is 17.7 Å². The van der Waals surface area contributed by atoms with E-state index in [0.29, 0.717) is 5.88 Å². The number of hydrogen-bond acceptors (Lipinski definition) is 4. The van der Waals surface area contributed by atoms with E-state index in [1.165, 1.54) is 0 Å². The van der Waals surface area contributed by atoms with Crippen LogP contribution in [0.3, 0.4) is 0 Å². The maximum Gasteiger partial charge on any atom is 0.222 e. The number of ether oxygens (including phenoxy) is 1. The van der Waals surface area contributed by atoms with E-state index < -0.39 is 0 Å². The molecule has 1 N–H and O–H groups in total. The lowest BCUT2D eigenvalue weighted by Gasteiger charge is -2.18. The Morgan fingerprint density at radius 1 is 1.05 bits per heavy atom. The molecule has 0 fully saturated rings. The molecule has 0 radical (unpaired) electrons. The first-order valence-electron chi connectivity index (χ1n) is 7.30. The Bertz CT molecular complexity index is 596. The van der Waals surface area contributed by atoms with Crippen molar-refractivity contribution in [1.82, 2.24) is 9.97 Å².